The average molecular weight is 489 g/mol. The lowest BCUT2D eigenvalue weighted by Gasteiger charge is -2.16. The van der Waals surface area contributed by atoms with E-state index in [0.29, 0.717) is 22.5 Å². The van der Waals surface area contributed by atoms with Crippen molar-refractivity contribution in [3.05, 3.63) is 89.7 Å². The van der Waals surface area contributed by atoms with E-state index in [0.717, 1.165) is 22.5 Å². The molecule has 7 nitrogen and oxygen atoms in total. The van der Waals surface area contributed by atoms with Crippen LogP contribution in [0.5, 0.6) is 11.5 Å². The molecular weight excluding hydrogens is 460 g/mol. The molecule has 4 rings (SSSR count). The van der Waals surface area contributed by atoms with Gasteiger partial charge in [-0.15, -0.1) is 10.2 Å². The van der Waals surface area contributed by atoms with E-state index >= 15 is 0 Å². The van der Waals surface area contributed by atoms with Crippen molar-refractivity contribution in [1.82, 2.24) is 14.8 Å². The smallest absolute Gasteiger partial charge is 0.237 e. The maximum atomic E-state index is 13.0. The van der Waals surface area contributed by atoms with Crippen molar-refractivity contribution >= 4 is 23.4 Å². The van der Waals surface area contributed by atoms with Crippen LogP contribution in [0.1, 0.15) is 23.9 Å². The number of nitrogens with one attached hydrogen (secondary N) is 1. The van der Waals surface area contributed by atoms with Gasteiger partial charge in [0.2, 0.25) is 5.91 Å². The lowest BCUT2D eigenvalue weighted by molar-refractivity contribution is -0.115. The highest BCUT2D eigenvalue weighted by Crippen LogP contribution is 2.30. The average Bonchev–Trinajstić information content (AvgIpc) is 3.27. The van der Waals surface area contributed by atoms with Gasteiger partial charge in [0, 0.05) is 11.4 Å². The third kappa shape index (κ3) is 5.66. The summed E-state index contributed by atoms with van der Waals surface area (Å²) >= 11 is 1.35. The third-order valence-corrected chi connectivity index (χ3v) is 6.56. The fourth-order valence-electron chi connectivity index (χ4n) is 3.63. The van der Waals surface area contributed by atoms with Gasteiger partial charge in [0.05, 0.1) is 12.4 Å². The number of aryl methyl sites for hydroxylation is 2. The fourth-order valence-corrected chi connectivity index (χ4v) is 4.52. The van der Waals surface area contributed by atoms with Crippen LogP contribution in [0.25, 0.3) is 5.69 Å². The van der Waals surface area contributed by atoms with Crippen molar-refractivity contribution < 1.29 is 14.3 Å². The van der Waals surface area contributed by atoms with E-state index < -0.39 is 5.25 Å². The zero-order valence-electron chi connectivity index (χ0n) is 20.2. The molecule has 0 fully saturated rings. The minimum atomic E-state index is -0.399. The van der Waals surface area contributed by atoms with Crippen molar-refractivity contribution in [3.8, 4) is 17.2 Å². The SMILES string of the molecule is COc1ccccc1OCc1nnc(SC(C)C(=O)Nc2c(C)cccc2C)n1-c1ccccc1. The highest BCUT2D eigenvalue weighted by atomic mass is 32.2. The van der Waals surface area contributed by atoms with Crippen LogP contribution in [-0.4, -0.2) is 33.0 Å². The summed E-state index contributed by atoms with van der Waals surface area (Å²) < 4.78 is 13.3. The molecule has 1 unspecified atom stereocenters. The molecule has 3 aromatic carbocycles. The van der Waals surface area contributed by atoms with Gasteiger partial charge in [-0.25, -0.2) is 0 Å². The largest absolute Gasteiger partial charge is 0.493 e. The molecule has 0 spiro atoms. The van der Waals surface area contributed by atoms with Gasteiger partial charge in [0.15, 0.2) is 22.5 Å². The second-order valence-corrected chi connectivity index (χ2v) is 9.33. The lowest BCUT2D eigenvalue weighted by Crippen LogP contribution is -2.24. The van der Waals surface area contributed by atoms with E-state index in [1.54, 1.807) is 7.11 Å². The molecule has 1 N–H and O–H groups in total. The Morgan fingerprint density at radius 1 is 0.943 bits per heavy atom. The first-order valence-corrected chi connectivity index (χ1v) is 12.1. The number of amides is 1. The summed E-state index contributed by atoms with van der Waals surface area (Å²) in [6.45, 7) is 6.02. The Hall–Kier alpha value is -3.78. The molecule has 1 atom stereocenters. The van der Waals surface area contributed by atoms with Gasteiger partial charge in [-0.1, -0.05) is 60.3 Å². The fraction of sp³-hybridized carbons (Fsp3) is 0.222. The van der Waals surface area contributed by atoms with E-state index in [-0.39, 0.29) is 12.5 Å². The number of hydrogen-bond donors (Lipinski definition) is 1. The maximum absolute atomic E-state index is 13.0. The number of rotatable bonds is 9. The number of nitrogens with zero attached hydrogens (tertiary/aromatic N) is 3. The molecule has 4 aromatic rings. The van der Waals surface area contributed by atoms with Gasteiger partial charge < -0.3 is 14.8 Å². The van der Waals surface area contributed by atoms with Crippen LogP contribution >= 0.6 is 11.8 Å². The van der Waals surface area contributed by atoms with Crippen molar-refractivity contribution in [2.75, 3.05) is 12.4 Å². The number of ether oxygens (including phenoxy) is 2. The lowest BCUT2D eigenvalue weighted by atomic mass is 10.1. The van der Waals surface area contributed by atoms with E-state index in [2.05, 4.69) is 15.5 Å². The van der Waals surface area contributed by atoms with Crippen LogP contribution in [0.15, 0.2) is 78.0 Å². The molecule has 0 saturated heterocycles. The molecule has 1 amide bonds. The minimum Gasteiger partial charge on any atom is -0.493 e. The summed E-state index contributed by atoms with van der Waals surface area (Å²) in [6.07, 6.45) is 0. The molecule has 0 bridgehead atoms. The zero-order valence-corrected chi connectivity index (χ0v) is 21.0. The molecule has 0 saturated carbocycles. The molecule has 0 aliphatic carbocycles. The number of aromatic nitrogens is 3. The van der Waals surface area contributed by atoms with Crippen LogP contribution in [0.4, 0.5) is 5.69 Å². The monoisotopic (exact) mass is 488 g/mol. The second kappa shape index (κ2) is 11.1. The van der Waals surface area contributed by atoms with Crippen molar-refractivity contribution in [3.63, 3.8) is 0 Å². The third-order valence-electron chi connectivity index (χ3n) is 5.52. The van der Waals surface area contributed by atoms with Crippen LogP contribution in [0.2, 0.25) is 0 Å². The Morgan fingerprint density at radius 2 is 1.60 bits per heavy atom. The number of carbonyl (C=O) groups excluding carboxylic acids is 1. The Bertz CT molecular complexity index is 1290. The number of carbonyl (C=O) groups is 1. The van der Waals surface area contributed by atoms with Crippen molar-refractivity contribution in [1.29, 1.82) is 0 Å². The number of para-hydroxylation sites is 4. The summed E-state index contributed by atoms with van der Waals surface area (Å²) in [5.74, 6) is 1.78. The van der Waals surface area contributed by atoms with Gasteiger partial charge in [0.25, 0.3) is 0 Å². The molecule has 1 heterocycles. The number of hydrogen-bond acceptors (Lipinski definition) is 6. The number of benzene rings is 3. The van der Waals surface area contributed by atoms with Crippen LogP contribution in [0, 0.1) is 13.8 Å². The van der Waals surface area contributed by atoms with Crippen LogP contribution in [-0.2, 0) is 11.4 Å². The maximum Gasteiger partial charge on any atom is 0.237 e. The van der Waals surface area contributed by atoms with Gasteiger partial charge in [-0.05, 0) is 56.2 Å². The number of methoxy groups -OCH3 is 1. The van der Waals surface area contributed by atoms with Crippen molar-refractivity contribution in [2.45, 2.75) is 37.8 Å². The molecule has 180 valence electrons. The number of thioether (sulfide) groups is 1. The van der Waals surface area contributed by atoms with Gasteiger partial charge >= 0.3 is 0 Å². The predicted molar refractivity (Wildman–Crippen MR) is 139 cm³/mol. The Kier molecular flexibility index (Phi) is 7.72. The van der Waals surface area contributed by atoms with E-state index in [9.17, 15) is 4.79 Å². The standard InChI is InChI=1S/C27H28N4O3S/c1-18-11-10-12-19(2)25(18)28-26(32)20(3)35-27-30-29-24(31(27)21-13-6-5-7-14-21)17-34-23-16-9-8-15-22(23)33-4/h5-16,20H,17H2,1-4H3,(H,28,32). The first-order valence-electron chi connectivity index (χ1n) is 11.3. The first-order chi connectivity index (χ1) is 17.0. The van der Waals surface area contributed by atoms with E-state index in [1.165, 1.54) is 11.8 Å². The zero-order chi connectivity index (χ0) is 24.8. The summed E-state index contributed by atoms with van der Waals surface area (Å²) in [4.78, 5) is 13.0. The van der Waals surface area contributed by atoms with Gasteiger partial charge in [-0.2, -0.15) is 0 Å². The van der Waals surface area contributed by atoms with Gasteiger partial charge in [0.1, 0.15) is 6.61 Å². The summed E-state index contributed by atoms with van der Waals surface area (Å²) in [5.41, 5.74) is 3.79. The molecule has 0 aliphatic rings. The van der Waals surface area contributed by atoms with E-state index in [1.807, 2.05) is 98.1 Å². The Morgan fingerprint density at radius 3 is 2.29 bits per heavy atom. The normalized spacial score (nSPS) is 11.7. The second-order valence-electron chi connectivity index (χ2n) is 8.03. The molecule has 0 radical (unpaired) electrons. The topological polar surface area (TPSA) is 78.3 Å². The quantitative estimate of drug-likeness (QED) is 0.310. The summed E-state index contributed by atoms with van der Waals surface area (Å²) in [5, 5.41) is 12.1. The highest BCUT2D eigenvalue weighted by molar-refractivity contribution is 8.00. The highest BCUT2D eigenvalue weighted by Gasteiger charge is 2.22. The van der Waals surface area contributed by atoms with Gasteiger partial charge in [-0.3, -0.25) is 9.36 Å². The Balaban J connectivity index is 1.56. The number of anilines is 1. The Labute approximate surface area is 209 Å². The molecule has 1 aromatic heterocycles. The summed E-state index contributed by atoms with van der Waals surface area (Å²) in [7, 11) is 1.61. The van der Waals surface area contributed by atoms with E-state index in [4.69, 9.17) is 9.47 Å². The van der Waals surface area contributed by atoms with Crippen LogP contribution in [0.3, 0.4) is 0 Å². The predicted octanol–water partition coefficient (Wildman–Crippen LogP) is 5.59. The summed E-state index contributed by atoms with van der Waals surface area (Å²) in [6, 6.07) is 23.2. The molecule has 0 aliphatic heterocycles. The first kappa shape index (κ1) is 24.3. The van der Waals surface area contributed by atoms with Crippen LogP contribution < -0.4 is 14.8 Å². The molecular formula is C27H28N4O3S. The minimum absolute atomic E-state index is 0.0955. The van der Waals surface area contributed by atoms with Crippen molar-refractivity contribution in [2.24, 2.45) is 0 Å². The molecule has 35 heavy (non-hydrogen) atoms. The molecule has 8 heteroatoms.